The van der Waals surface area contributed by atoms with E-state index in [0.717, 1.165) is 39.7 Å². The van der Waals surface area contributed by atoms with Crippen molar-refractivity contribution < 1.29 is 24.5 Å². The van der Waals surface area contributed by atoms with Crippen LogP contribution in [-0.4, -0.2) is 45.5 Å². The standard InChI is InChI=1S/C26H26N2O5/c1-13-7-8-18(32-2)22-20(13)25-12-16-23(27-16)26(25,31)11-15-14-5-3-4-6-17(14)28(10-9-19(29)30)21(15)24(25)33-22/h3-8,16,23-24,27,31H,9-12H2,1-2H3,(H,29,30)/t16?,23-,24+,25+,26-/m1/s1. The number of rotatable bonds is 4. The summed E-state index contributed by atoms with van der Waals surface area (Å²) in [5, 5.41) is 26.5. The van der Waals surface area contributed by atoms with Gasteiger partial charge in [-0.15, -0.1) is 0 Å². The maximum absolute atomic E-state index is 12.5. The number of nitrogens with one attached hydrogen (secondary N) is 1. The number of methoxy groups -OCH3 is 1. The molecule has 2 aliphatic carbocycles. The molecule has 1 spiro atoms. The monoisotopic (exact) mass is 446 g/mol. The molecule has 0 radical (unpaired) electrons. The fraction of sp³-hybridized carbons (Fsp3) is 0.423. The molecule has 1 saturated heterocycles. The molecular weight excluding hydrogens is 420 g/mol. The van der Waals surface area contributed by atoms with E-state index in [4.69, 9.17) is 9.47 Å². The average Bonchev–Trinajstić information content (AvgIpc) is 3.29. The molecule has 2 aliphatic heterocycles. The Hall–Kier alpha value is -3.03. The Labute approximate surface area is 190 Å². The lowest BCUT2D eigenvalue weighted by atomic mass is 9.58. The summed E-state index contributed by atoms with van der Waals surface area (Å²) < 4.78 is 14.6. The summed E-state index contributed by atoms with van der Waals surface area (Å²) in [5.41, 5.74) is 3.59. The first-order valence-corrected chi connectivity index (χ1v) is 11.6. The molecular formula is C26H26N2O5. The van der Waals surface area contributed by atoms with E-state index in [-0.39, 0.29) is 18.5 Å². The van der Waals surface area contributed by atoms with Crippen LogP contribution in [0.2, 0.25) is 0 Å². The van der Waals surface area contributed by atoms with E-state index in [1.165, 1.54) is 0 Å². The van der Waals surface area contributed by atoms with Crippen molar-refractivity contribution in [3.8, 4) is 11.5 Å². The van der Waals surface area contributed by atoms with Gasteiger partial charge in [0.1, 0.15) is 0 Å². The maximum atomic E-state index is 12.5. The molecule has 1 saturated carbocycles. The number of carbonyl (C=O) groups is 1. The van der Waals surface area contributed by atoms with Crippen LogP contribution in [-0.2, 0) is 23.2 Å². The van der Waals surface area contributed by atoms with Gasteiger partial charge in [0.2, 0.25) is 0 Å². The molecule has 7 rings (SSSR count). The van der Waals surface area contributed by atoms with Gasteiger partial charge in [-0.25, -0.2) is 0 Å². The molecule has 4 aliphatic rings. The van der Waals surface area contributed by atoms with E-state index in [2.05, 4.69) is 22.9 Å². The van der Waals surface area contributed by atoms with E-state index >= 15 is 0 Å². The second-order valence-corrected chi connectivity index (χ2v) is 9.99. The molecule has 2 aromatic carbocycles. The average molecular weight is 447 g/mol. The quantitative estimate of drug-likeness (QED) is 0.533. The van der Waals surface area contributed by atoms with E-state index in [1.54, 1.807) is 7.11 Å². The SMILES string of the molecule is COc1ccc(C)c2c1O[C@H]1c3c(c4ccccc4n3CCC(=O)O)C[C@@]3(O)[C@@H]4NC4C[C@]213. The lowest BCUT2D eigenvalue weighted by Gasteiger charge is -2.48. The first kappa shape index (κ1) is 19.4. The lowest BCUT2D eigenvalue weighted by molar-refractivity contribution is -0.137. The van der Waals surface area contributed by atoms with Crippen LogP contribution in [0, 0.1) is 6.92 Å². The van der Waals surface area contributed by atoms with Crippen molar-refractivity contribution in [3.05, 3.63) is 58.8 Å². The zero-order valence-electron chi connectivity index (χ0n) is 18.6. The van der Waals surface area contributed by atoms with Gasteiger partial charge in [0.25, 0.3) is 0 Å². The Bertz CT molecular complexity index is 1360. The number of aromatic nitrogens is 1. The highest BCUT2D eigenvalue weighted by Gasteiger charge is 2.78. The van der Waals surface area contributed by atoms with Crippen LogP contribution in [0.4, 0.5) is 0 Å². The number of nitrogens with zero attached hydrogens (tertiary/aromatic N) is 1. The fourth-order valence-corrected chi connectivity index (χ4v) is 7.28. The summed E-state index contributed by atoms with van der Waals surface area (Å²) in [6, 6.07) is 12.3. The zero-order valence-corrected chi connectivity index (χ0v) is 18.6. The van der Waals surface area contributed by atoms with Crippen molar-refractivity contribution in [1.29, 1.82) is 0 Å². The van der Waals surface area contributed by atoms with Gasteiger partial charge in [-0.2, -0.15) is 0 Å². The van der Waals surface area contributed by atoms with Gasteiger partial charge in [-0.05, 0) is 36.6 Å². The van der Waals surface area contributed by atoms with Gasteiger partial charge in [0.15, 0.2) is 17.6 Å². The fourth-order valence-electron chi connectivity index (χ4n) is 7.28. The molecule has 3 N–H and O–H groups in total. The Morgan fingerprint density at radius 2 is 2.12 bits per heavy atom. The Balaban J connectivity index is 1.54. The molecule has 3 aromatic rings. The second kappa shape index (κ2) is 6.10. The van der Waals surface area contributed by atoms with E-state index in [9.17, 15) is 15.0 Å². The summed E-state index contributed by atoms with van der Waals surface area (Å²) in [4.78, 5) is 11.5. The molecule has 2 fully saturated rings. The number of hydrogen-bond donors (Lipinski definition) is 3. The van der Waals surface area contributed by atoms with Gasteiger partial charge < -0.3 is 29.6 Å². The van der Waals surface area contributed by atoms with Gasteiger partial charge in [-0.3, -0.25) is 4.79 Å². The van der Waals surface area contributed by atoms with Gasteiger partial charge in [0, 0.05) is 35.5 Å². The molecule has 1 unspecified atom stereocenters. The van der Waals surface area contributed by atoms with Crippen molar-refractivity contribution in [2.24, 2.45) is 0 Å². The normalized spacial score (nSPS) is 32.4. The van der Waals surface area contributed by atoms with Crippen LogP contribution in [0.3, 0.4) is 0 Å². The maximum Gasteiger partial charge on any atom is 0.305 e. The van der Waals surface area contributed by atoms with Crippen LogP contribution in [0.15, 0.2) is 36.4 Å². The molecule has 0 amide bonds. The predicted molar refractivity (Wildman–Crippen MR) is 121 cm³/mol. The third-order valence-electron chi connectivity index (χ3n) is 8.56. The number of aliphatic hydroxyl groups is 1. The third-order valence-corrected chi connectivity index (χ3v) is 8.56. The minimum atomic E-state index is -1.00. The summed E-state index contributed by atoms with van der Waals surface area (Å²) >= 11 is 0. The molecule has 33 heavy (non-hydrogen) atoms. The van der Waals surface area contributed by atoms with Crippen LogP contribution in [0.1, 0.15) is 41.3 Å². The molecule has 3 heterocycles. The Kier molecular flexibility index (Phi) is 3.59. The molecule has 1 aromatic heterocycles. The first-order valence-electron chi connectivity index (χ1n) is 11.6. The number of carboxylic acids is 1. The number of hydrogen-bond acceptors (Lipinski definition) is 5. The van der Waals surface area contributed by atoms with Crippen LogP contribution in [0.5, 0.6) is 11.5 Å². The first-order chi connectivity index (χ1) is 15.9. The highest BCUT2D eigenvalue weighted by molar-refractivity contribution is 5.87. The molecule has 5 atom stereocenters. The Morgan fingerprint density at radius 3 is 2.91 bits per heavy atom. The van der Waals surface area contributed by atoms with Crippen molar-refractivity contribution >= 4 is 16.9 Å². The predicted octanol–water partition coefficient (Wildman–Crippen LogP) is 2.84. The molecule has 7 heteroatoms. The van der Waals surface area contributed by atoms with Crippen molar-refractivity contribution in [2.45, 2.75) is 61.9 Å². The molecule has 170 valence electrons. The van der Waals surface area contributed by atoms with Gasteiger partial charge in [-0.1, -0.05) is 24.3 Å². The number of aliphatic carboxylic acids is 1. The topological polar surface area (TPSA) is 103 Å². The van der Waals surface area contributed by atoms with Gasteiger partial charge >= 0.3 is 5.97 Å². The zero-order chi connectivity index (χ0) is 22.7. The summed E-state index contributed by atoms with van der Waals surface area (Å²) in [6.07, 6.45) is 0.899. The lowest BCUT2D eigenvalue weighted by Crippen LogP contribution is -2.60. The van der Waals surface area contributed by atoms with Crippen molar-refractivity contribution in [1.82, 2.24) is 9.88 Å². The van der Waals surface area contributed by atoms with E-state index < -0.39 is 23.1 Å². The highest BCUT2D eigenvalue weighted by Crippen LogP contribution is 2.70. The smallest absolute Gasteiger partial charge is 0.305 e. The number of carboxylic acid groups (broad SMARTS) is 1. The largest absolute Gasteiger partial charge is 0.493 e. The number of benzene rings is 2. The minimum absolute atomic E-state index is 0.0226. The number of para-hydroxylation sites is 1. The van der Waals surface area contributed by atoms with Crippen LogP contribution < -0.4 is 14.8 Å². The van der Waals surface area contributed by atoms with Gasteiger partial charge in [0.05, 0.1) is 36.3 Å². The minimum Gasteiger partial charge on any atom is -0.493 e. The second-order valence-electron chi connectivity index (χ2n) is 9.99. The number of fused-ring (bicyclic) bond motifs is 7. The summed E-state index contributed by atoms with van der Waals surface area (Å²) in [6.45, 7) is 2.43. The van der Waals surface area contributed by atoms with Crippen molar-refractivity contribution in [3.63, 3.8) is 0 Å². The van der Waals surface area contributed by atoms with Crippen LogP contribution in [0.25, 0.3) is 10.9 Å². The third kappa shape index (κ3) is 2.15. The number of ether oxygens (including phenoxy) is 2. The number of piperidine rings is 1. The Morgan fingerprint density at radius 1 is 1.30 bits per heavy atom. The van der Waals surface area contributed by atoms with Crippen LogP contribution >= 0.6 is 0 Å². The van der Waals surface area contributed by atoms with E-state index in [1.807, 2.05) is 30.3 Å². The summed E-state index contributed by atoms with van der Waals surface area (Å²) in [7, 11) is 1.64. The molecule has 7 nitrogen and oxygen atoms in total. The number of aryl methyl sites for hydroxylation is 2. The van der Waals surface area contributed by atoms with E-state index in [0.29, 0.717) is 24.5 Å². The highest BCUT2D eigenvalue weighted by atomic mass is 16.5. The van der Waals surface area contributed by atoms with Crippen molar-refractivity contribution in [2.75, 3.05) is 7.11 Å². The molecule has 0 bridgehead atoms. The summed E-state index contributed by atoms with van der Waals surface area (Å²) in [5.74, 6) is 0.554.